The summed E-state index contributed by atoms with van der Waals surface area (Å²) >= 11 is 0. The summed E-state index contributed by atoms with van der Waals surface area (Å²) in [7, 11) is 0. The highest BCUT2D eigenvalue weighted by Gasteiger charge is 2.45. The molecule has 1 amide bonds. The number of carbonyl (C=O) groups is 2. The number of hydroxylamine groups is 1. The van der Waals surface area contributed by atoms with Gasteiger partial charge in [0.05, 0.1) is 6.42 Å². The molecule has 1 aliphatic heterocycles. The summed E-state index contributed by atoms with van der Waals surface area (Å²) in [6, 6.07) is 0. The van der Waals surface area contributed by atoms with Crippen molar-refractivity contribution >= 4 is 11.9 Å². The van der Waals surface area contributed by atoms with Gasteiger partial charge in [0.1, 0.15) is 5.60 Å². The van der Waals surface area contributed by atoms with Crippen LogP contribution in [0.15, 0.2) is 0 Å². The maximum atomic E-state index is 11.8. The van der Waals surface area contributed by atoms with E-state index < -0.39 is 30.1 Å². The van der Waals surface area contributed by atoms with Crippen LogP contribution in [0.1, 0.15) is 6.42 Å². The third-order valence-corrected chi connectivity index (χ3v) is 1.99. The number of hydrogen-bond acceptors (Lipinski definition) is 4. The third-order valence-electron chi connectivity index (χ3n) is 1.99. The molecule has 6 nitrogen and oxygen atoms in total. The van der Waals surface area contributed by atoms with E-state index in [1.807, 2.05) is 0 Å². The summed E-state index contributed by atoms with van der Waals surface area (Å²) in [6.45, 7) is 0.134. The van der Waals surface area contributed by atoms with E-state index in [1.165, 1.54) is 5.48 Å². The molecular formula is C7H9F3N2O4. The normalized spacial score (nSPS) is 18.7. The van der Waals surface area contributed by atoms with Crippen LogP contribution in [-0.2, 0) is 14.4 Å². The average Bonchev–Trinajstić information content (AvgIpc) is 2.06. The molecular weight excluding hydrogens is 233 g/mol. The lowest BCUT2D eigenvalue weighted by molar-refractivity contribution is -0.205. The van der Waals surface area contributed by atoms with Gasteiger partial charge < -0.3 is 10.4 Å². The summed E-state index contributed by atoms with van der Waals surface area (Å²) in [5.74, 6) is -3.48. The lowest BCUT2D eigenvalue weighted by Crippen LogP contribution is -2.64. The Balaban J connectivity index is 2.46. The van der Waals surface area contributed by atoms with Crippen molar-refractivity contribution in [2.75, 3.05) is 13.1 Å². The second kappa shape index (κ2) is 4.26. The monoisotopic (exact) mass is 242 g/mol. The van der Waals surface area contributed by atoms with Crippen LogP contribution in [-0.4, -0.2) is 41.8 Å². The highest BCUT2D eigenvalue weighted by molar-refractivity contribution is 5.80. The van der Waals surface area contributed by atoms with Crippen LogP contribution in [0.2, 0.25) is 0 Å². The van der Waals surface area contributed by atoms with E-state index in [1.54, 1.807) is 0 Å². The number of carboxylic acid groups (broad SMARTS) is 1. The Bertz CT molecular complexity index is 300. The van der Waals surface area contributed by atoms with Crippen LogP contribution < -0.4 is 10.8 Å². The molecule has 0 aliphatic carbocycles. The molecule has 0 radical (unpaired) electrons. The molecule has 0 saturated carbocycles. The maximum absolute atomic E-state index is 11.8. The van der Waals surface area contributed by atoms with Gasteiger partial charge in [0.2, 0.25) is 0 Å². The minimum atomic E-state index is -5.05. The topological polar surface area (TPSA) is 87.7 Å². The van der Waals surface area contributed by atoms with Gasteiger partial charge in [-0.3, -0.25) is 14.4 Å². The standard InChI is InChI=1S/C7H9F3N2O4/c8-7(9,10)5(15)12-16-6(1-4(13)14)2-11-3-6/h11H,1-3H2,(H,12,15)(H,13,14). The number of halogens is 3. The molecule has 1 heterocycles. The molecule has 0 atom stereocenters. The van der Waals surface area contributed by atoms with E-state index in [0.717, 1.165) is 0 Å². The number of nitrogens with one attached hydrogen (secondary N) is 2. The molecule has 1 saturated heterocycles. The molecule has 9 heteroatoms. The van der Waals surface area contributed by atoms with E-state index >= 15 is 0 Å². The van der Waals surface area contributed by atoms with Gasteiger partial charge in [-0.05, 0) is 0 Å². The van der Waals surface area contributed by atoms with Crippen LogP contribution >= 0.6 is 0 Å². The number of alkyl halides is 3. The molecule has 0 spiro atoms. The summed E-state index contributed by atoms with van der Waals surface area (Å²) in [6.07, 6.45) is -5.54. The Labute approximate surface area is 87.7 Å². The Kier molecular flexibility index (Phi) is 3.38. The van der Waals surface area contributed by atoms with Gasteiger partial charge in [0, 0.05) is 13.1 Å². The Hall–Kier alpha value is -1.35. The van der Waals surface area contributed by atoms with E-state index in [-0.39, 0.29) is 13.1 Å². The minimum absolute atomic E-state index is 0.0669. The second-order valence-electron chi connectivity index (χ2n) is 3.39. The predicted octanol–water partition coefficient (Wildman–Crippen LogP) is -0.587. The van der Waals surface area contributed by atoms with Crippen LogP contribution in [0.4, 0.5) is 13.2 Å². The summed E-state index contributed by atoms with van der Waals surface area (Å²) in [5, 5.41) is 11.1. The highest BCUT2D eigenvalue weighted by atomic mass is 19.4. The first-order valence-electron chi connectivity index (χ1n) is 4.23. The lowest BCUT2D eigenvalue weighted by Gasteiger charge is -2.40. The lowest BCUT2D eigenvalue weighted by atomic mass is 9.93. The molecule has 16 heavy (non-hydrogen) atoms. The van der Waals surface area contributed by atoms with Crippen molar-refractivity contribution < 1.29 is 32.7 Å². The number of rotatable bonds is 4. The van der Waals surface area contributed by atoms with Crippen molar-refractivity contribution in [3.8, 4) is 0 Å². The van der Waals surface area contributed by atoms with Gasteiger partial charge >= 0.3 is 18.1 Å². The van der Waals surface area contributed by atoms with Gasteiger partial charge in [-0.25, -0.2) is 5.48 Å². The van der Waals surface area contributed by atoms with Gasteiger partial charge in [-0.15, -0.1) is 0 Å². The van der Waals surface area contributed by atoms with Crippen molar-refractivity contribution in [3.05, 3.63) is 0 Å². The average molecular weight is 242 g/mol. The predicted molar refractivity (Wildman–Crippen MR) is 43.1 cm³/mol. The van der Waals surface area contributed by atoms with E-state index in [0.29, 0.717) is 0 Å². The number of hydrogen-bond donors (Lipinski definition) is 3. The van der Waals surface area contributed by atoms with Gasteiger partial charge in [-0.2, -0.15) is 13.2 Å². The second-order valence-corrected chi connectivity index (χ2v) is 3.39. The fourth-order valence-electron chi connectivity index (χ4n) is 1.13. The van der Waals surface area contributed by atoms with Crippen LogP contribution in [0.25, 0.3) is 0 Å². The first kappa shape index (κ1) is 12.7. The van der Waals surface area contributed by atoms with Gasteiger partial charge in [-0.1, -0.05) is 0 Å². The number of carboxylic acids is 1. The molecule has 92 valence electrons. The van der Waals surface area contributed by atoms with Gasteiger partial charge in [0.15, 0.2) is 0 Å². The summed E-state index contributed by atoms with van der Waals surface area (Å²) in [4.78, 5) is 25.3. The smallest absolute Gasteiger partial charge is 0.473 e. The first-order valence-corrected chi connectivity index (χ1v) is 4.23. The molecule has 0 bridgehead atoms. The fourth-order valence-corrected chi connectivity index (χ4v) is 1.13. The quantitative estimate of drug-likeness (QED) is 0.574. The van der Waals surface area contributed by atoms with Crippen molar-refractivity contribution in [2.24, 2.45) is 0 Å². The molecule has 1 rings (SSSR count). The molecule has 0 unspecified atom stereocenters. The third kappa shape index (κ3) is 3.07. The Morgan fingerprint density at radius 3 is 2.31 bits per heavy atom. The molecule has 0 aromatic heterocycles. The largest absolute Gasteiger partial charge is 0.481 e. The molecule has 0 aromatic rings. The Morgan fingerprint density at radius 1 is 1.44 bits per heavy atom. The summed E-state index contributed by atoms with van der Waals surface area (Å²) < 4.78 is 35.4. The molecule has 3 N–H and O–H groups in total. The van der Waals surface area contributed by atoms with Crippen molar-refractivity contribution in [1.29, 1.82) is 0 Å². The van der Waals surface area contributed by atoms with E-state index in [4.69, 9.17) is 5.11 Å². The number of carbonyl (C=O) groups excluding carboxylic acids is 1. The fraction of sp³-hybridized carbons (Fsp3) is 0.714. The number of aliphatic carboxylic acids is 1. The van der Waals surface area contributed by atoms with E-state index in [9.17, 15) is 22.8 Å². The van der Waals surface area contributed by atoms with Crippen LogP contribution in [0.5, 0.6) is 0 Å². The SMILES string of the molecule is O=C(O)CC1(ONC(=O)C(F)(F)F)CNC1. The summed E-state index contributed by atoms with van der Waals surface area (Å²) in [5.41, 5.74) is -0.0954. The van der Waals surface area contributed by atoms with Crippen LogP contribution in [0, 0.1) is 0 Å². The Morgan fingerprint density at radius 2 is 2.00 bits per heavy atom. The molecule has 0 aromatic carbocycles. The zero-order valence-corrected chi connectivity index (χ0v) is 7.93. The number of amides is 1. The van der Waals surface area contributed by atoms with Crippen molar-refractivity contribution in [1.82, 2.24) is 10.8 Å². The zero-order chi connectivity index (χ0) is 12.4. The molecule has 1 aliphatic rings. The minimum Gasteiger partial charge on any atom is -0.481 e. The van der Waals surface area contributed by atoms with Crippen LogP contribution in [0.3, 0.4) is 0 Å². The van der Waals surface area contributed by atoms with E-state index in [2.05, 4.69) is 10.2 Å². The zero-order valence-electron chi connectivity index (χ0n) is 7.93. The maximum Gasteiger partial charge on any atom is 0.473 e. The van der Waals surface area contributed by atoms with Crippen molar-refractivity contribution in [3.63, 3.8) is 0 Å². The first-order chi connectivity index (χ1) is 7.25. The highest BCUT2D eigenvalue weighted by Crippen LogP contribution is 2.21. The van der Waals surface area contributed by atoms with Gasteiger partial charge in [0.25, 0.3) is 0 Å². The molecule has 1 fully saturated rings. The van der Waals surface area contributed by atoms with Crippen molar-refractivity contribution in [2.45, 2.75) is 18.2 Å².